The van der Waals surface area contributed by atoms with Gasteiger partial charge in [0.1, 0.15) is 0 Å². The summed E-state index contributed by atoms with van der Waals surface area (Å²) in [5.41, 5.74) is 0. The molecular formula is C70H137NO5. The molecule has 0 rings (SSSR count). The second-order valence-corrected chi connectivity index (χ2v) is 24.2. The van der Waals surface area contributed by atoms with Crippen LogP contribution < -0.4 is 5.32 Å². The Hall–Kier alpha value is -1.40. The Morgan fingerprint density at radius 3 is 0.895 bits per heavy atom. The smallest absolute Gasteiger partial charge is 0.305 e. The number of allylic oxidation sites excluding steroid dienone is 1. The Morgan fingerprint density at radius 1 is 0.355 bits per heavy atom. The summed E-state index contributed by atoms with van der Waals surface area (Å²) in [6, 6.07) is -0.626. The monoisotopic (exact) mass is 1070 g/mol. The fourth-order valence-electron chi connectivity index (χ4n) is 11.2. The highest BCUT2D eigenvalue weighted by Gasteiger charge is 2.18. The van der Waals surface area contributed by atoms with Crippen molar-refractivity contribution in [2.45, 2.75) is 411 Å². The molecule has 0 radical (unpaired) electrons. The van der Waals surface area contributed by atoms with Gasteiger partial charge >= 0.3 is 5.97 Å². The minimum atomic E-state index is -0.843. The lowest BCUT2D eigenvalue weighted by Gasteiger charge is -2.20. The molecule has 0 bridgehead atoms. The summed E-state index contributed by atoms with van der Waals surface area (Å²) in [6.45, 7) is 4.94. The Labute approximate surface area is 476 Å². The summed E-state index contributed by atoms with van der Waals surface area (Å²) in [7, 11) is 0. The largest absolute Gasteiger partial charge is 0.466 e. The summed E-state index contributed by atoms with van der Waals surface area (Å²) in [6.07, 6.45) is 81.5. The van der Waals surface area contributed by atoms with E-state index in [0.717, 1.165) is 38.5 Å². The third kappa shape index (κ3) is 61.8. The molecule has 3 N–H and O–H groups in total. The molecule has 452 valence electrons. The summed E-state index contributed by atoms with van der Waals surface area (Å²) in [5, 5.41) is 23.3. The van der Waals surface area contributed by atoms with Gasteiger partial charge in [-0.25, -0.2) is 0 Å². The number of ether oxygens (including phenoxy) is 1. The van der Waals surface area contributed by atoms with Gasteiger partial charge < -0.3 is 20.3 Å². The van der Waals surface area contributed by atoms with Crippen LogP contribution in [0.3, 0.4) is 0 Å². The Kier molecular flexibility index (Phi) is 64.9. The number of carbonyl (C=O) groups excluding carboxylic acids is 2. The van der Waals surface area contributed by atoms with E-state index in [1.54, 1.807) is 6.08 Å². The van der Waals surface area contributed by atoms with Crippen LogP contribution in [-0.2, 0) is 14.3 Å². The van der Waals surface area contributed by atoms with Gasteiger partial charge in [0.2, 0.25) is 5.91 Å². The minimum absolute atomic E-state index is 0.0175. The summed E-state index contributed by atoms with van der Waals surface area (Å²) in [4.78, 5) is 24.5. The molecule has 0 spiro atoms. The average molecular weight is 1070 g/mol. The van der Waals surface area contributed by atoms with E-state index in [2.05, 4.69) is 19.2 Å². The van der Waals surface area contributed by atoms with Gasteiger partial charge in [-0.1, -0.05) is 366 Å². The van der Waals surface area contributed by atoms with Crippen LogP contribution in [0.4, 0.5) is 0 Å². The second-order valence-electron chi connectivity index (χ2n) is 24.2. The maximum Gasteiger partial charge on any atom is 0.305 e. The molecule has 0 heterocycles. The second kappa shape index (κ2) is 66.1. The Balaban J connectivity index is 3.38. The highest BCUT2D eigenvalue weighted by atomic mass is 16.5. The lowest BCUT2D eigenvalue weighted by molar-refractivity contribution is -0.143. The van der Waals surface area contributed by atoms with Crippen LogP contribution in [0.15, 0.2) is 12.2 Å². The molecular weight excluding hydrogens is 935 g/mol. The molecule has 0 aromatic carbocycles. The van der Waals surface area contributed by atoms with E-state index in [-0.39, 0.29) is 18.5 Å². The van der Waals surface area contributed by atoms with Crippen molar-refractivity contribution in [2.24, 2.45) is 0 Å². The lowest BCUT2D eigenvalue weighted by Crippen LogP contribution is -2.45. The summed E-state index contributed by atoms with van der Waals surface area (Å²) >= 11 is 0. The van der Waals surface area contributed by atoms with Gasteiger partial charge in [-0.2, -0.15) is 0 Å². The minimum Gasteiger partial charge on any atom is -0.466 e. The van der Waals surface area contributed by atoms with Gasteiger partial charge in [-0.3, -0.25) is 9.59 Å². The fourth-order valence-corrected chi connectivity index (χ4v) is 11.2. The number of hydrogen-bond donors (Lipinski definition) is 3. The van der Waals surface area contributed by atoms with Crippen molar-refractivity contribution in [3.05, 3.63) is 12.2 Å². The van der Waals surface area contributed by atoms with Crippen LogP contribution >= 0.6 is 0 Å². The molecule has 2 atom stereocenters. The van der Waals surface area contributed by atoms with E-state index in [9.17, 15) is 19.8 Å². The lowest BCUT2D eigenvalue weighted by atomic mass is 10.0. The van der Waals surface area contributed by atoms with E-state index in [1.807, 2.05) is 6.08 Å². The highest BCUT2D eigenvalue weighted by Crippen LogP contribution is 2.19. The first-order chi connectivity index (χ1) is 37.5. The van der Waals surface area contributed by atoms with Crippen molar-refractivity contribution >= 4 is 11.9 Å². The molecule has 0 aliphatic heterocycles. The van der Waals surface area contributed by atoms with E-state index in [0.29, 0.717) is 19.4 Å². The van der Waals surface area contributed by atoms with E-state index < -0.39 is 12.1 Å². The van der Waals surface area contributed by atoms with Crippen molar-refractivity contribution in [2.75, 3.05) is 13.2 Å². The zero-order chi connectivity index (χ0) is 55.0. The molecule has 1 amide bonds. The molecule has 6 nitrogen and oxygen atoms in total. The van der Waals surface area contributed by atoms with Gasteiger partial charge in [-0.15, -0.1) is 0 Å². The first kappa shape index (κ1) is 74.6. The van der Waals surface area contributed by atoms with Crippen LogP contribution in [0, 0.1) is 0 Å². The SMILES string of the molecule is CCCCCCCCCCCCCCCCCCCCCC/C=C/C(O)C(CO)NC(=O)CCCCCCCCCCCCCCCCCCCCCCCCCCCCOC(=O)CCCCCCCCCCCCC. The van der Waals surface area contributed by atoms with Crippen molar-refractivity contribution in [1.29, 1.82) is 0 Å². The van der Waals surface area contributed by atoms with Crippen LogP contribution in [-0.4, -0.2) is 47.4 Å². The van der Waals surface area contributed by atoms with Crippen molar-refractivity contribution in [3.8, 4) is 0 Å². The predicted molar refractivity (Wildman–Crippen MR) is 333 cm³/mol. The van der Waals surface area contributed by atoms with E-state index >= 15 is 0 Å². The van der Waals surface area contributed by atoms with Crippen LogP contribution in [0.1, 0.15) is 399 Å². The number of aliphatic hydroxyl groups is 2. The zero-order valence-electron chi connectivity index (χ0n) is 51.8. The number of carbonyl (C=O) groups is 2. The normalized spacial score (nSPS) is 12.5. The van der Waals surface area contributed by atoms with Gasteiger partial charge in [0.25, 0.3) is 0 Å². The summed E-state index contributed by atoms with van der Waals surface area (Å²) < 4.78 is 5.48. The molecule has 0 aliphatic carbocycles. The highest BCUT2D eigenvalue weighted by molar-refractivity contribution is 5.76. The van der Waals surface area contributed by atoms with Crippen LogP contribution in [0.5, 0.6) is 0 Å². The maximum atomic E-state index is 12.5. The first-order valence-electron chi connectivity index (χ1n) is 35.0. The molecule has 0 aromatic heterocycles. The van der Waals surface area contributed by atoms with Crippen LogP contribution in [0.2, 0.25) is 0 Å². The molecule has 0 aromatic rings. The first-order valence-corrected chi connectivity index (χ1v) is 35.0. The summed E-state index contributed by atoms with van der Waals surface area (Å²) in [5.74, 6) is -0.0435. The number of esters is 1. The Bertz CT molecular complexity index is 1140. The van der Waals surface area contributed by atoms with E-state index in [1.165, 1.54) is 334 Å². The topological polar surface area (TPSA) is 95.9 Å². The fraction of sp³-hybridized carbons (Fsp3) is 0.943. The quantitative estimate of drug-likeness (QED) is 0.0320. The molecule has 0 saturated heterocycles. The maximum absolute atomic E-state index is 12.5. The van der Waals surface area contributed by atoms with Gasteiger partial charge in [0, 0.05) is 12.8 Å². The number of unbranched alkanes of at least 4 members (excludes halogenated alkanes) is 55. The van der Waals surface area contributed by atoms with Gasteiger partial charge in [0.15, 0.2) is 0 Å². The molecule has 2 unspecified atom stereocenters. The van der Waals surface area contributed by atoms with Crippen LogP contribution in [0.25, 0.3) is 0 Å². The number of nitrogens with one attached hydrogen (secondary N) is 1. The molecule has 0 fully saturated rings. The van der Waals surface area contributed by atoms with E-state index in [4.69, 9.17) is 4.74 Å². The van der Waals surface area contributed by atoms with Crippen molar-refractivity contribution in [1.82, 2.24) is 5.32 Å². The number of rotatable bonds is 66. The zero-order valence-corrected chi connectivity index (χ0v) is 51.8. The third-order valence-electron chi connectivity index (χ3n) is 16.6. The number of aliphatic hydroxyl groups excluding tert-OH is 2. The third-order valence-corrected chi connectivity index (χ3v) is 16.6. The average Bonchev–Trinajstić information content (AvgIpc) is 3.42. The molecule has 0 aliphatic rings. The number of amides is 1. The standard InChI is InChI=1S/C70H137NO5/c1-3-5-7-9-11-13-15-16-17-18-19-20-27-30-33-36-39-43-46-50-54-58-62-68(73)67(66-72)71-69(74)63-59-55-51-47-44-40-37-34-31-28-25-23-21-22-24-26-29-32-35-38-41-45-49-53-57-61-65-76-70(75)64-60-56-52-48-42-14-12-10-8-6-4-2/h58,62,67-68,72-73H,3-57,59-61,63-66H2,1-2H3,(H,71,74)/b62-58+. The van der Waals surface area contributed by atoms with Crippen molar-refractivity contribution < 1.29 is 24.5 Å². The number of hydrogen-bond acceptors (Lipinski definition) is 5. The predicted octanol–water partition coefficient (Wildman–Crippen LogP) is 22.4. The van der Waals surface area contributed by atoms with Crippen molar-refractivity contribution in [3.63, 3.8) is 0 Å². The molecule has 0 saturated carbocycles. The van der Waals surface area contributed by atoms with Gasteiger partial charge in [0.05, 0.1) is 25.4 Å². The molecule has 6 heteroatoms. The molecule has 76 heavy (non-hydrogen) atoms. The Morgan fingerprint density at radius 2 is 0.605 bits per heavy atom. The van der Waals surface area contributed by atoms with Gasteiger partial charge in [-0.05, 0) is 32.1 Å².